The number of ether oxygens (including phenoxy) is 1. The molecule has 1 atom stereocenters. The van der Waals surface area contributed by atoms with Crippen molar-refractivity contribution in [1.29, 1.82) is 0 Å². The van der Waals surface area contributed by atoms with Crippen molar-refractivity contribution in [1.82, 2.24) is 4.90 Å². The number of hydrogen-bond donors (Lipinski definition) is 2. The quantitative estimate of drug-likeness (QED) is 0.786. The maximum absolute atomic E-state index is 9.04. The lowest BCUT2D eigenvalue weighted by Crippen LogP contribution is -2.35. The molecule has 1 aromatic rings. The molecule has 1 unspecified atom stereocenters. The third kappa shape index (κ3) is 3.22. The number of hydrogen-bond acceptors (Lipinski definition) is 4. The second-order valence-corrected chi connectivity index (χ2v) is 4.62. The molecular weight excluding hydrogens is 230 g/mol. The summed E-state index contributed by atoms with van der Waals surface area (Å²) in [5, 5.41) is 18.1. The first-order valence-electron chi connectivity index (χ1n) is 6.51. The van der Waals surface area contributed by atoms with Gasteiger partial charge in [0.1, 0.15) is 5.75 Å². The molecule has 4 heteroatoms. The molecular formula is C14H21NO3. The maximum atomic E-state index is 9.04. The highest BCUT2D eigenvalue weighted by Crippen LogP contribution is 2.33. The average Bonchev–Trinajstić information content (AvgIpc) is 2.40. The van der Waals surface area contributed by atoms with Crippen LogP contribution in [0.3, 0.4) is 0 Å². The minimum Gasteiger partial charge on any atom is -0.493 e. The summed E-state index contributed by atoms with van der Waals surface area (Å²) in [7, 11) is 0. The van der Waals surface area contributed by atoms with Crippen molar-refractivity contribution in [2.24, 2.45) is 0 Å². The molecule has 1 aliphatic rings. The highest BCUT2D eigenvalue weighted by molar-refractivity contribution is 5.37. The Morgan fingerprint density at radius 2 is 1.89 bits per heavy atom. The normalized spacial score (nSPS) is 18.5. The van der Waals surface area contributed by atoms with Crippen LogP contribution in [0.2, 0.25) is 0 Å². The van der Waals surface area contributed by atoms with Gasteiger partial charge in [-0.1, -0.05) is 18.2 Å². The van der Waals surface area contributed by atoms with Gasteiger partial charge in [0.15, 0.2) is 0 Å². The van der Waals surface area contributed by atoms with Crippen molar-refractivity contribution in [3.8, 4) is 5.75 Å². The van der Waals surface area contributed by atoms with E-state index in [1.807, 2.05) is 18.2 Å². The summed E-state index contributed by atoms with van der Waals surface area (Å²) in [6, 6.07) is 8.13. The van der Waals surface area contributed by atoms with Crippen molar-refractivity contribution in [3.63, 3.8) is 0 Å². The Balaban J connectivity index is 2.05. The van der Waals surface area contributed by atoms with Crippen molar-refractivity contribution < 1.29 is 14.9 Å². The van der Waals surface area contributed by atoms with Crippen LogP contribution in [0.25, 0.3) is 0 Å². The standard InChI is InChI=1S/C14H21NO3/c16-8-6-15(7-9-17)11-12-5-10-18-14-4-2-1-3-13(12)14/h1-4,12,16-17H,5-11H2. The largest absolute Gasteiger partial charge is 0.493 e. The third-order valence-electron chi connectivity index (χ3n) is 3.39. The molecule has 1 aromatic carbocycles. The summed E-state index contributed by atoms with van der Waals surface area (Å²) in [4.78, 5) is 2.10. The second kappa shape index (κ2) is 6.73. The summed E-state index contributed by atoms with van der Waals surface area (Å²) < 4.78 is 5.64. The van der Waals surface area contributed by atoms with Crippen LogP contribution in [0.1, 0.15) is 17.9 Å². The molecule has 1 heterocycles. The first kappa shape index (κ1) is 13.3. The smallest absolute Gasteiger partial charge is 0.122 e. The van der Waals surface area contributed by atoms with Gasteiger partial charge >= 0.3 is 0 Å². The molecule has 0 radical (unpaired) electrons. The predicted molar refractivity (Wildman–Crippen MR) is 69.9 cm³/mol. The first-order valence-corrected chi connectivity index (χ1v) is 6.51. The van der Waals surface area contributed by atoms with Gasteiger partial charge in [-0.15, -0.1) is 0 Å². The number of nitrogens with zero attached hydrogens (tertiary/aromatic N) is 1. The van der Waals surface area contributed by atoms with Crippen molar-refractivity contribution in [3.05, 3.63) is 29.8 Å². The summed E-state index contributed by atoms with van der Waals surface area (Å²) in [5.41, 5.74) is 1.24. The molecule has 0 aliphatic carbocycles. The summed E-state index contributed by atoms with van der Waals surface area (Å²) >= 11 is 0. The Hall–Kier alpha value is -1.10. The summed E-state index contributed by atoms with van der Waals surface area (Å²) in [6.07, 6.45) is 0.990. The van der Waals surface area contributed by atoms with Crippen LogP contribution < -0.4 is 4.74 Å². The number of fused-ring (bicyclic) bond motifs is 1. The van der Waals surface area contributed by atoms with Crippen LogP contribution in [-0.4, -0.2) is 54.6 Å². The lowest BCUT2D eigenvalue weighted by molar-refractivity contribution is 0.145. The van der Waals surface area contributed by atoms with E-state index in [1.165, 1.54) is 5.56 Å². The molecule has 0 saturated carbocycles. The zero-order valence-corrected chi connectivity index (χ0v) is 10.6. The van der Waals surface area contributed by atoms with Crippen LogP contribution in [-0.2, 0) is 0 Å². The van der Waals surface area contributed by atoms with Crippen LogP contribution in [0, 0.1) is 0 Å². The van der Waals surface area contributed by atoms with Crippen LogP contribution in [0.4, 0.5) is 0 Å². The predicted octanol–water partition coefficient (Wildman–Crippen LogP) is 0.839. The molecule has 100 valence electrons. The fourth-order valence-electron chi connectivity index (χ4n) is 2.49. The zero-order chi connectivity index (χ0) is 12.8. The van der Waals surface area contributed by atoms with E-state index in [9.17, 15) is 0 Å². The van der Waals surface area contributed by atoms with E-state index in [2.05, 4.69) is 11.0 Å². The molecule has 1 aliphatic heterocycles. The van der Waals surface area contributed by atoms with E-state index < -0.39 is 0 Å². The van der Waals surface area contributed by atoms with Crippen LogP contribution >= 0.6 is 0 Å². The highest BCUT2D eigenvalue weighted by Gasteiger charge is 2.22. The molecule has 2 rings (SSSR count). The number of para-hydroxylation sites is 1. The number of aliphatic hydroxyl groups excluding tert-OH is 2. The van der Waals surface area contributed by atoms with Gasteiger partial charge in [0, 0.05) is 25.6 Å². The van der Waals surface area contributed by atoms with Gasteiger partial charge in [0.25, 0.3) is 0 Å². The van der Waals surface area contributed by atoms with E-state index in [4.69, 9.17) is 14.9 Å². The van der Waals surface area contributed by atoms with E-state index in [1.54, 1.807) is 0 Å². The molecule has 0 amide bonds. The van der Waals surface area contributed by atoms with E-state index >= 15 is 0 Å². The van der Waals surface area contributed by atoms with Gasteiger partial charge in [-0.3, -0.25) is 4.90 Å². The van der Waals surface area contributed by atoms with Gasteiger partial charge < -0.3 is 14.9 Å². The van der Waals surface area contributed by atoms with Gasteiger partial charge in [-0.05, 0) is 18.1 Å². The van der Waals surface area contributed by atoms with E-state index in [-0.39, 0.29) is 13.2 Å². The second-order valence-electron chi connectivity index (χ2n) is 4.62. The topological polar surface area (TPSA) is 52.9 Å². The molecule has 0 spiro atoms. The lowest BCUT2D eigenvalue weighted by Gasteiger charge is -2.30. The molecule has 0 fully saturated rings. The van der Waals surface area contributed by atoms with Gasteiger partial charge in [0.2, 0.25) is 0 Å². The van der Waals surface area contributed by atoms with Crippen molar-refractivity contribution >= 4 is 0 Å². The number of rotatable bonds is 6. The fourth-order valence-corrected chi connectivity index (χ4v) is 2.49. The molecule has 0 bridgehead atoms. The monoisotopic (exact) mass is 251 g/mol. The van der Waals surface area contributed by atoms with Gasteiger partial charge in [0.05, 0.1) is 19.8 Å². The lowest BCUT2D eigenvalue weighted by atomic mass is 9.92. The first-order chi connectivity index (χ1) is 8.85. The third-order valence-corrected chi connectivity index (χ3v) is 3.39. The van der Waals surface area contributed by atoms with Gasteiger partial charge in [-0.2, -0.15) is 0 Å². The Kier molecular flexibility index (Phi) is 4.99. The van der Waals surface area contributed by atoms with Gasteiger partial charge in [-0.25, -0.2) is 0 Å². The molecule has 0 saturated heterocycles. The molecule has 0 aromatic heterocycles. The SMILES string of the molecule is OCCN(CCO)CC1CCOc2ccccc21. The Morgan fingerprint density at radius 3 is 2.61 bits per heavy atom. The molecule has 4 nitrogen and oxygen atoms in total. The minimum atomic E-state index is 0.130. The Bertz CT molecular complexity index is 364. The van der Waals surface area contributed by atoms with Crippen molar-refractivity contribution in [2.45, 2.75) is 12.3 Å². The van der Waals surface area contributed by atoms with E-state index in [0.717, 1.165) is 25.3 Å². The number of benzene rings is 1. The fraction of sp³-hybridized carbons (Fsp3) is 0.571. The minimum absolute atomic E-state index is 0.130. The molecule has 18 heavy (non-hydrogen) atoms. The van der Waals surface area contributed by atoms with Crippen LogP contribution in [0.15, 0.2) is 24.3 Å². The Morgan fingerprint density at radius 1 is 1.17 bits per heavy atom. The Labute approximate surface area is 108 Å². The van der Waals surface area contributed by atoms with Crippen LogP contribution in [0.5, 0.6) is 5.75 Å². The highest BCUT2D eigenvalue weighted by atomic mass is 16.5. The zero-order valence-electron chi connectivity index (χ0n) is 10.6. The van der Waals surface area contributed by atoms with E-state index in [0.29, 0.717) is 19.0 Å². The summed E-state index contributed by atoms with van der Waals surface area (Å²) in [5.74, 6) is 1.40. The maximum Gasteiger partial charge on any atom is 0.122 e. The van der Waals surface area contributed by atoms with Crippen molar-refractivity contribution in [2.75, 3.05) is 39.5 Å². The number of aliphatic hydroxyl groups is 2. The average molecular weight is 251 g/mol. The summed E-state index contributed by atoms with van der Waals surface area (Å²) in [6.45, 7) is 3.09. The molecule has 2 N–H and O–H groups in total.